The smallest absolute Gasteiger partial charge is 0.307 e. The number of imidazole rings is 1. The molecule has 0 spiro atoms. The molecule has 0 atom stereocenters. The second-order valence-corrected chi connectivity index (χ2v) is 6.87. The van der Waals surface area contributed by atoms with Gasteiger partial charge in [0.05, 0.1) is 42.3 Å². The van der Waals surface area contributed by atoms with E-state index in [1.807, 2.05) is 49.4 Å². The predicted octanol–water partition coefficient (Wildman–Crippen LogP) is 3.08. The van der Waals surface area contributed by atoms with Crippen molar-refractivity contribution in [3.63, 3.8) is 0 Å². The molecule has 2 aromatic carbocycles. The van der Waals surface area contributed by atoms with Crippen molar-refractivity contribution in [1.29, 1.82) is 0 Å². The number of para-hydroxylation sites is 3. The quantitative estimate of drug-likeness (QED) is 0.358. The normalized spacial score (nSPS) is 11.2. The number of fused-ring (bicyclic) bond motifs is 2. The van der Waals surface area contributed by atoms with Gasteiger partial charge in [0.1, 0.15) is 5.82 Å². The summed E-state index contributed by atoms with van der Waals surface area (Å²) >= 11 is 0. The highest BCUT2D eigenvalue weighted by atomic mass is 16.5. The molecule has 0 bridgehead atoms. The van der Waals surface area contributed by atoms with Crippen LogP contribution < -0.4 is 5.43 Å². The summed E-state index contributed by atoms with van der Waals surface area (Å²) in [5, 5.41) is 4.73. The first kappa shape index (κ1) is 18.9. The van der Waals surface area contributed by atoms with Crippen LogP contribution in [0.3, 0.4) is 0 Å². The van der Waals surface area contributed by atoms with Crippen LogP contribution in [0, 0.1) is 6.92 Å². The van der Waals surface area contributed by atoms with Gasteiger partial charge >= 0.3 is 5.97 Å². The molecule has 2 heterocycles. The van der Waals surface area contributed by atoms with Gasteiger partial charge in [0.2, 0.25) is 5.43 Å². The lowest BCUT2D eigenvalue weighted by Gasteiger charge is -2.10. The molecule has 0 amide bonds. The lowest BCUT2D eigenvalue weighted by Crippen LogP contribution is -2.16. The van der Waals surface area contributed by atoms with Crippen LogP contribution in [-0.2, 0) is 22.6 Å². The van der Waals surface area contributed by atoms with Crippen molar-refractivity contribution in [2.24, 2.45) is 0 Å². The molecule has 4 aromatic rings. The monoisotopic (exact) mass is 390 g/mol. The third kappa shape index (κ3) is 4.03. The summed E-state index contributed by atoms with van der Waals surface area (Å²) in [5.74, 6) is 0.676. The highest BCUT2D eigenvalue weighted by Gasteiger charge is 2.09. The number of carbonyl (C=O) groups is 1. The van der Waals surface area contributed by atoms with Gasteiger partial charge < -0.3 is 9.30 Å². The van der Waals surface area contributed by atoms with Gasteiger partial charge in [0.15, 0.2) is 0 Å². The molecule has 0 aliphatic rings. The topological polar surface area (TPSA) is 79.0 Å². The molecular weight excluding hydrogens is 368 g/mol. The number of hydrogen-bond donors (Lipinski definition) is 0. The molecule has 0 radical (unpaired) electrons. The van der Waals surface area contributed by atoms with E-state index in [4.69, 9.17) is 4.74 Å². The van der Waals surface area contributed by atoms with E-state index >= 15 is 0 Å². The van der Waals surface area contributed by atoms with Crippen LogP contribution in [0.5, 0.6) is 0 Å². The maximum atomic E-state index is 12.1. The number of esters is 1. The molecule has 4 rings (SSSR count). The van der Waals surface area contributed by atoms with E-state index in [1.54, 1.807) is 10.7 Å². The van der Waals surface area contributed by atoms with Crippen molar-refractivity contribution in [3.8, 4) is 0 Å². The van der Waals surface area contributed by atoms with Crippen molar-refractivity contribution < 1.29 is 9.53 Å². The molecule has 7 nitrogen and oxygen atoms in total. The molecule has 0 saturated carbocycles. The number of aryl methyl sites for hydroxylation is 3. The van der Waals surface area contributed by atoms with Crippen molar-refractivity contribution in [2.45, 2.75) is 32.9 Å². The Kier molecular flexibility index (Phi) is 5.37. The molecule has 7 heteroatoms. The van der Waals surface area contributed by atoms with Gasteiger partial charge in [-0.1, -0.05) is 24.3 Å². The van der Waals surface area contributed by atoms with Crippen LogP contribution in [0.4, 0.5) is 0 Å². The first-order valence-corrected chi connectivity index (χ1v) is 9.66. The minimum absolute atomic E-state index is 0.123. The van der Waals surface area contributed by atoms with E-state index in [0.29, 0.717) is 25.0 Å². The van der Waals surface area contributed by atoms with Crippen molar-refractivity contribution in [2.75, 3.05) is 6.61 Å². The van der Waals surface area contributed by atoms with Gasteiger partial charge in [0.25, 0.3) is 0 Å². The van der Waals surface area contributed by atoms with Crippen LogP contribution in [0.25, 0.3) is 21.9 Å². The number of rotatable bonds is 7. The zero-order chi connectivity index (χ0) is 20.2. The van der Waals surface area contributed by atoms with Crippen LogP contribution in [0.15, 0.2) is 59.5 Å². The molecule has 0 fully saturated rings. The molecule has 0 aliphatic carbocycles. The molecule has 148 valence electrons. The lowest BCUT2D eigenvalue weighted by atomic mass is 10.2. The van der Waals surface area contributed by atoms with E-state index in [-0.39, 0.29) is 17.8 Å². The van der Waals surface area contributed by atoms with Gasteiger partial charge in [-0.3, -0.25) is 14.3 Å². The van der Waals surface area contributed by atoms with Crippen molar-refractivity contribution >= 4 is 27.9 Å². The minimum atomic E-state index is -0.276. The lowest BCUT2D eigenvalue weighted by molar-refractivity contribution is -0.144. The van der Waals surface area contributed by atoms with Gasteiger partial charge in [0, 0.05) is 11.9 Å². The van der Waals surface area contributed by atoms with Gasteiger partial charge in [-0.15, -0.1) is 0 Å². The van der Waals surface area contributed by atoms with Crippen LogP contribution in [0.1, 0.15) is 18.7 Å². The Bertz CT molecular complexity index is 1230. The fourth-order valence-corrected chi connectivity index (χ4v) is 3.50. The Labute approximate surface area is 167 Å². The van der Waals surface area contributed by atoms with E-state index in [0.717, 1.165) is 28.9 Å². The first-order chi connectivity index (χ1) is 14.1. The van der Waals surface area contributed by atoms with Crippen LogP contribution in [-0.4, -0.2) is 31.9 Å². The summed E-state index contributed by atoms with van der Waals surface area (Å²) < 4.78 is 9.18. The first-order valence-electron chi connectivity index (χ1n) is 9.66. The second-order valence-electron chi connectivity index (χ2n) is 6.87. The third-order valence-electron chi connectivity index (χ3n) is 4.92. The summed E-state index contributed by atoms with van der Waals surface area (Å²) in [4.78, 5) is 28.5. The Morgan fingerprint density at radius 3 is 2.66 bits per heavy atom. The molecular formula is C22H22N4O3. The summed E-state index contributed by atoms with van der Waals surface area (Å²) in [7, 11) is 0. The number of hydrogen-bond acceptors (Lipinski definition) is 5. The number of ether oxygens (including phenoxy) is 1. The zero-order valence-electron chi connectivity index (χ0n) is 16.2. The van der Waals surface area contributed by atoms with E-state index < -0.39 is 0 Å². The number of benzene rings is 2. The summed E-state index contributed by atoms with van der Waals surface area (Å²) in [6, 6.07) is 15.3. The number of nitrogens with zero attached hydrogens (tertiary/aromatic N) is 4. The Morgan fingerprint density at radius 1 is 1.03 bits per heavy atom. The standard InChI is InChI=1S/C22H22N4O3/c1-16-24-18-8-3-5-10-20(18)25(16)12-6-14-29-22(28)11-13-26-19-9-4-2-7-17(19)21(27)15-23-26/h2-5,7-10,15H,6,11-14H2,1H3. The van der Waals surface area contributed by atoms with Gasteiger partial charge in [-0.2, -0.15) is 5.10 Å². The van der Waals surface area contributed by atoms with E-state index in [2.05, 4.69) is 14.6 Å². The Hall–Kier alpha value is -3.48. The highest BCUT2D eigenvalue weighted by Crippen LogP contribution is 2.16. The largest absolute Gasteiger partial charge is 0.466 e. The predicted molar refractivity (Wildman–Crippen MR) is 111 cm³/mol. The fourth-order valence-electron chi connectivity index (χ4n) is 3.50. The molecule has 0 unspecified atom stereocenters. The van der Waals surface area contributed by atoms with E-state index in [1.165, 1.54) is 6.20 Å². The molecule has 0 aliphatic heterocycles. The highest BCUT2D eigenvalue weighted by molar-refractivity contribution is 5.78. The fraction of sp³-hybridized carbons (Fsp3) is 0.273. The maximum absolute atomic E-state index is 12.1. The molecule has 0 N–H and O–H groups in total. The number of aromatic nitrogens is 4. The summed E-state index contributed by atoms with van der Waals surface area (Å²) in [6.07, 6.45) is 2.20. The second kappa shape index (κ2) is 8.26. The van der Waals surface area contributed by atoms with Gasteiger partial charge in [-0.05, 0) is 37.6 Å². The van der Waals surface area contributed by atoms with Crippen LogP contribution in [0.2, 0.25) is 0 Å². The average molecular weight is 390 g/mol. The van der Waals surface area contributed by atoms with Gasteiger partial charge in [-0.25, -0.2) is 4.98 Å². The molecule has 0 saturated heterocycles. The zero-order valence-corrected chi connectivity index (χ0v) is 16.2. The minimum Gasteiger partial charge on any atom is -0.466 e. The maximum Gasteiger partial charge on any atom is 0.307 e. The van der Waals surface area contributed by atoms with Crippen molar-refractivity contribution in [1.82, 2.24) is 19.3 Å². The molecule has 2 aromatic heterocycles. The Balaban J connectivity index is 1.29. The SMILES string of the molecule is Cc1nc2ccccc2n1CCCOC(=O)CCn1ncc(=O)c2ccccc21. The number of carbonyl (C=O) groups excluding carboxylic acids is 1. The van der Waals surface area contributed by atoms with Crippen molar-refractivity contribution in [3.05, 3.63) is 70.8 Å². The van der Waals surface area contributed by atoms with Crippen LogP contribution >= 0.6 is 0 Å². The summed E-state index contributed by atoms with van der Waals surface area (Å²) in [5.41, 5.74) is 2.66. The van der Waals surface area contributed by atoms with E-state index in [9.17, 15) is 9.59 Å². The average Bonchev–Trinajstić information content (AvgIpc) is 3.06. The third-order valence-corrected chi connectivity index (χ3v) is 4.92. The summed E-state index contributed by atoms with van der Waals surface area (Å²) in [6.45, 7) is 3.44. The Morgan fingerprint density at radius 2 is 1.79 bits per heavy atom. The molecule has 29 heavy (non-hydrogen) atoms.